The van der Waals surface area contributed by atoms with Crippen molar-refractivity contribution in [3.8, 4) is 5.75 Å². The molecule has 0 radical (unpaired) electrons. The topological polar surface area (TPSA) is 63.2 Å². The molecule has 0 saturated heterocycles. The van der Waals surface area contributed by atoms with Crippen molar-refractivity contribution in [2.75, 3.05) is 24.3 Å². The van der Waals surface area contributed by atoms with Gasteiger partial charge in [-0.3, -0.25) is 4.79 Å². The molecule has 3 rings (SSSR count). The first-order valence-electron chi connectivity index (χ1n) is 8.54. The number of aromatic nitrogens is 1. The molecular weight excluding hydrogens is 362 g/mol. The van der Waals surface area contributed by atoms with Gasteiger partial charge in [0.05, 0.1) is 19.0 Å². The summed E-state index contributed by atoms with van der Waals surface area (Å²) >= 11 is 5.88. The van der Waals surface area contributed by atoms with Crippen LogP contribution in [0.3, 0.4) is 0 Å². The zero-order valence-electron chi connectivity index (χ0n) is 14.9. The van der Waals surface area contributed by atoms with Gasteiger partial charge in [-0.1, -0.05) is 23.7 Å². The number of nitrogens with one attached hydrogen (secondary N) is 2. The number of anilines is 2. The van der Waals surface area contributed by atoms with E-state index in [-0.39, 0.29) is 5.91 Å². The van der Waals surface area contributed by atoms with Gasteiger partial charge in [0, 0.05) is 17.1 Å². The van der Waals surface area contributed by atoms with Gasteiger partial charge in [0.15, 0.2) is 0 Å². The van der Waals surface area contributed by atoms with E-state index in [1.54, 1.807) is 37.6 Å². The van der Waals surface area contributed by atoms with Gasteiger partial charge in [0.25, 0.3) is 5.91 Å². The molecule has 138 valence electrons. The lowest BCUT2D eigenvalue weighted by atomic mass is 10.1. The third-order valence-corrected chi connectivity index (χ3v) is 4.26. The summed E-state index contributed by atoms with van der Waals surface area (Å²) in [5, 5.41) is 6.83. The molecule has 0 saturated carbocycles. The van der Waals surface area contributed by atoms with Crippen LogP contribution in [0.5, 0.6) is 5.75 Å². The number of methoxy groups -OCH3 is 1. The van der Waals surface area contributed by atoms with Gasteiger partial charge >= 0.3 is 0 Å². The highest BCUT2D eigenvalue weighted by molar-refractivity contribution is 6.30. The number of halogens is 1. The number of hydrogen-bond donors (Lipinski definition) is 2. The lowest BCUT2D eigenvalue weighted by Crippen LogP contribution is -2.12. The Hall–Kier alpha value is -3.05. The highest BCUT2D eigenvalue weighted by Gasteiger charge is 2.06. The largest absolute Gasteiger partial charge is 0.497 e. The summed E-state index contributed by atoms with van der Waals surface area (Å²) in [6.07, 6.45) is 2.50. The second-order valence-corrected chi connectivity index (χ2v) is 6.35. The second-order valence-electron chi connectivity index (χ2n) is 5.92. The number of nitrogens with zero attached hydrogens (tertiary/aromatic N) is 1. The van der Waals surface area contributed by atoms with E-state index in [0.717, 1.165) is 23.8 Å². The maximum absolute atomic E-state index is 12.2. The van der Waals surface area contributed by atoms with Crippen LogP contribution in [0.2, 0.25) is 5.02 Å². The molecule has 5 nitrogen and oxygen atoms in total. The van der Waals surface area contributed by atoms with E-state index >= 15 is 0 Å². The van der Waals surface area contributed by atoms with Crippen molar-refractivity contribution >= 4 is 29.0 Å². The predicted molar refractivity (Wildman–Crippen MR) is 109 cm³/mol. The second kappa shape index (κ2) is 9.05. The van der Waals surface area contributed by atoms with Crippen LogP contribution < -0.4 is 15.4 Å². The van der Waals surface area contributed by atoms with E-state index in [1.807, 2.05) is 36.4 Å². The average Bonchev–Trinajstić information content (AvgIpc) is 2.71. The number of pyridine rings is 1. The Labute approximate surface area is 163 Å². The van der Waals surface area contributed by atoms with Crippen molar-refractivity contribution in [2.45, 2.75) is 6.42 Å². The molecule has 1 heterocycles. The zero-order valence-corrected chi connectivity index (χ0v) is 15.7. The number of carbonyl (C=O) groups is 1. The number of hydrogen-bond acceptors (Lipinski definition) is 4. The first kappa shape index (κ1) is 18.7. The zero-order chi connectivity index (χ0) is 19.1. The molecule has 0 bridgehead atoms. The van der Waals surface area contributed by atoms with E-state index < -0.39 is 0 Å². The van der Waals surface area contributed by atoms with Crippen molar-refractivity contribution in [3.05, 3.63) is 83.0 Å². The van der Waals surface area contributed by atoms with E-state index in [2.05, 4.69) is 15.6 Å². The van der Waals surface area contributed by atoms with E-state index in [9.17, 15) is 4.79 Å². The third kappa shape index (κ3) is 5.46. The van der Waals surface area contributed by atoms with Crippen molar-refractivity contribution in [1.29, 1.82) is 0 Å². The number of benzene rings is 2. The fourth-order valence-corrected chi connectivity index (χ4v) is 2.63. The smallest absolute Gasteiger partial charge is 0.255 e. The van der Waals surface area contributed by atoms with Crippen molar-refractivity contribution in [2.24, 2.45) is 0 Å². The monoisotopic (exact) mass is 381 g/mol. The normalized spacial score (nSPS) is 10.3. The minimum atomic E-state index is -0.192. The van der Waals surface area contributed by atoms with Gasteiger partial charge in [0.2, 0.25) is 0 Å². The molecule has 2 aromatic carbocycles. The highest BCUT2D eigenvalue weighted by Crippen LogP contribution is 2.15. The Morgan fingerprint density at radius 3 is 2.41 bits per heavy atom. The Bertz CT molecular complexity index is 879. The van der Waals surface area contributed by atoms with Crippen LogP contribution in [-0.2, 0) is 6.42 Å². The molecule has 0 spiro atoms. The van der Waals surface area contributed by atoms with Gasteiger partial charge in [-0.25, -0.2) is 4.98 Å². The lowest BCUT2D eigenvalue weighted by Gasteiger charge is -2.08. The number of ether oxygens (including phenoxy) is 1. The van der Waals surface area contributed by atoms with Crippen LogP contribution in [0.1, 0.15) is 15.9 Å². The third-order valence-electron chi connectivity index (χ3n) is 4.01. The molecule has 0 aliphatic rings. The summed E-state index contributed by atoms with van der Waals surface area (Å²) in [5.41, 5.74) is 2.40. The lowest BCUT2D eigenvalue weighted by molar-refractivity contribution is 0.102. The summed E-state index contributed by atoms with van der Waals surface area (Å²) in [7, 11) is 1.59. The molecule has 0 aliphatic heterocycles. The molecule has 0 atom stereocenters. The van der Waals surface area contributed by atoms with E-state index in [0.29, 0.717) is 17.0 Å². The maximum atomic E-state index is 12.2. The number of amides is 1. The van der Waals surface area contributed by atoms with Crippen LogP contribution in [0.15, 0.2) is 66.9 Å². The van der Waals surface area contributed by atoms with Crippen LogP contribution in [0.25, 0.3) is 0 Å². The minimum absolute atomic E-state index is 0.192. The van der Waals surface area contributed by atoms with Gasteiger partial charge < -0.3 is 15.4 Å². The van der Waals surface area contributed by atoms with Gasteiger partial charge in [-0.15, -0.1) is 0 Å². The van der Waals surface area contributed by atoms with Crippen molar-refractivity contribution < 1.29 is 9.53 Å². The maximum Gasteiger partial charge on any atom is 0.255 e. The Kier molecular flexibility index (Phi) is 6.28. The van der Waals surface area contributed by atoms with Crippen LogP contribution in [-0.4, -0.2) is 24.5 Å². The molecule has 3 aromatic rings. The molecule has 0 unspecified atom stereocenters. The predicted octanol–water partition coefficient (Wildman–Crippen LogP) is 4.65. The summed E-state index contributed by atoms with van der Waals surface area (Å²) in [5.74, 6) is 1.27. The Morgan fingerprint density at radius 1 is 1.04 bits per heavy atom. The fraction of sp³-hybridized carbons (Fsp3) is 0.143. The molecule has 27 heavy (non-hydrogen) atoms. The quantitative estimate of drug-likeness (QED) is 0.625. The highest BCUT2D eigenvalue weighted by atomic mass is 35.5. The number of carbonyl (C=O) groups excluding carboxylic acids is 1. The van der Waals surface area contributed by atoms with Crippen molar-refractivity contribution in [3.63, 3.8) is 0 Å². The molecule has 6 heteroatoms. The van der Waals surface area contributed by atoms with Crippen LogP contribution >= 0.6 is 11.6 Å². The minimum Gasteiger partial charge on any atom is -0.497 e. The first-order valence-corrected chi connectivity index (χ1v) is 8.91. The molecule has 2 N–H and O–H groups in total. The SMILES string of the molecule is COc1ccc(C(=O)Nc2ccc(NCCc3ccc(Cl)cc3)nc2)cc1. The number of rotatable bonds is 7. The average molecular weight is 382 g/mol. The Morgan fingerprint density at radius 2 is 1.78 bits per heavy atom. The summed E-state index contributed by atoms with van der Waals surface area (Å²) in [6.45, 7) is 0.756. The van der Waals surface area contributed by atoms with Gasteiger partial charge in [0.1, 0.15) is 11.6 Å². The Balaban J connectivity index is 1.50. The molecule has 0 fully saturated rings. The standard InChI is InChI=1S/C21H20ClN3O2/c1-27-19-9-4-16(5-10-19)21(26)25-18-8-11-20(24-14-18)23-13-12-15-2-6-17(22)7-3-15/h2-11,14H,12-13H2,1H3,(H,23,24)(H,25,26). The summed E-state index contributed by atoms with van der Waals surface area (Å²) in [4.78, 5) is 16.6. The first-order chi connectivity index (χ1) is 13.1. The van der Waals surface area contributed by atoms with Gasteiger partial charge in [-0.2, -0.15) is 0 Å². The molecular formula is C21H20ClN3O2. The molecule has 1 aromatic heterocycles. The van der Waals surface area contributed by atoms with Crippen LogP contribution in [0.4, 0.5) is 11.5 Å². The molecule has 1 amide bonds. The summed E-state index contributed by atoms with van der Waals surface area (Å²) < 4.78 is 5.09. The fourth-order valence-electron chi connectivity index (χ4n) is 2.50. The van der Waals surface area contributed by atoms with Crippen molar-refractivity contribution in [1.82, 2.24) is 4.98 Å². The van der Waals surface area contributed by atoms with E-state index in [4.69, 9.17) is 16.3 Å². The van der Waals surface area contributed by atoms with Gasteiger partial charge in [-0.05, 0) is 60.5 Å². The molecule has 0 aliphatic carbocycles. The van der Waals surface area contributed by atoms with Crippen LogP contribution in [0, 0.1) is 0 Å². The summed E-state index contributed by atoms with van der Waals surface area (Å²) in [6, 6.07) is 18.4. The van der Waals surface area contributed by atoms with E-state index in [1.165, 1.54) is 5.56 Å².